The molecule has 9 heteroatoms. The largest absolute Gasteiger partial charge is 0.379 e. The number of nitrogens with one attached hydrogen (secondary N) is 1. The summed E-state index contributed by atoms with van der Waals surface area (Å²) >= 11 is 0. The molecule has 21 heavy (non-hydrogen) atoms. The molecule has 1 unspecified atom stereocenters. The average Bonchev–Trinajstić information content (AvgIpc) is 3.00. The van der Waals surface area contributed by atoms with Crippen molar-refractivity contribution in [3.05, 3.63) is 0 Å². The lowest BCUT2D eigenvalue weighted by atomic mass is 10.2. The molecular formula is C12H25ClN4O3S. The number of nitrogens with zero attached hydrogens (tertiary/aromatic N) is 3. The predicted molar refractivity (Wildman–Crippen MR) is 83.0 cm³/mol. The molecule has 7 nitrogen and oxygen atoms in total. The molecule has 0 bridgehead atoms. The summed E-state index contributed by atoms with van der Waals surface area (Å²) in [7, 11) is -3.29. The zero-order valence-electron chi connectivity index (χ0n) is 12.2. The van der Waals surface area contributed by atoms with E-state index in [9.17, 15) is 8.42 Å². The summed E-state index contributed by atoms with van der Waals surface area (Å²) < 4.78 is 33.6. The first-order valence-corrected chi connectivity index (χ1v) is 8.85. The Hall–Kier alpha value is 0.0400. The molecule has 0 spiro atoms. The molecule has 0 aliphatic carbocycles. The van der Waals surface area contributed by atoms with Crippen molar-refractivity contribution in [2.75, 3.05) is 65.6 Å². The SMILES string of the molecule is Cl.O=S(=O)(N1CCOCC1)N1CCC(N2CCNCC2)C1. The first-order chi connectivity index (χ1) is 9.68. The summed E-state index contributed by atoms with van der Waals surface area (Å²) in [5, 5.41) is 3.34. The summed E-state index contributed by atoms with van der Waals surface area (Å²) in [6, 6.07) is 0.382. The van der Waals surface area contributed by atoms with Gasteiger partial charge in [-0.05, 0) is 6.42 Å². The summed E-state index contributed by atoms with van der Waals surface area (Å²) in [5.41, 5.74) is 0. The summed E-state index contributed by atoms with van der Waals surface area (Å²) in [4.78, 5) is 2.42. The average molecular weight is 341 g/mol. The van der Waals surface area contributed by atoms with Gasteiger partial charge >= 0.3 is 0 Å². The second kappa shape index (κ2) is 7.54. The normalized spacial score (nSPS) is 30.2. The molecule has 0 aromatic carbocycles. The van der Waals surface area contributed by atoms with Gasteiger partial charge in [0.15, 0.2) is 0 Å². The number of piperazine rings is 1. The molecule has 0 aromatic heterocycles. The highest BCUT2D eigenvalue weighted by molar-refractivity contribution is 7.86. The summed E-state index contributed by atoms with van der Waals surface area (Å²) in [6.45, 7) is 7.33. The van der Waals surface area contributed by atoms with Gasteiger partial charge in [-0.3, -0.25) is 4.90 Å². The number of halogens is 1. The number of hydrogen-bond acceptors (Lipinski definition) is 5. The molecule has 0 saturated carbocycles. The second-order valence-corrected chi connectivity index (χ2v) is 7.53. The van der Waals surface area contributed by atoms with Crippen molar-refractivity contribution in [1.29, 1.82) is 0 Å². The van der Waals surface area contributed by atoms with Crippen LogP contribution in [0.5, 0.6) is 0 Å². The zero-order chi connectivity index (χ0) is 14.0. The third-order valence-electron chi connectivity index (χ3n) is 4.42. The van der Waals surface area contributed by atoms with Gasteiger partial charge in [0.2, 0.25) is 0 Å². The number of ether oxygens (including phenoxy) is 1. The fourth-order valence-electron chi connectivity index (χ4n) is 3.21. The highest BCUT2D eigenvalue weighted by Crippen LogP contribution is 2.21. The Bertz CT molecular complexity index is 424. The lowest BCUT2D eigenvalue weighted by Crippen LogP contribution is -2.51. The van der Waals surface area contributed by atoms with E-state index in [-0.39, 0.29) is 12.4 Å². The van der Waals surface area contributed by atoms with Crippen LogP contribution in [-0.4, -0.2) is 93.5 Å². The van der Waals surface area contributed by atoms with Gasteiger partial charge in [0, 0.05) is 58.4 Å². The Morgan fingerprint density at radius 2 is 1.62 bits per heavy atom. The topological polar surface area (TPSA) is 65.1 Å². The van der Waals surface area contributed by atoms with Crippen LogP contribution in [-0.2, 0) is 14.9 Å². The predicted octanol–water partition coefficient (Wildman–Crippen LogP) is -1.04. The van der Waals surface area contributed by atoms with Gasteiger partial charge in [-0.15, -0.1) is 12.4 Å². The van der Waals surface area contributed by atoms with Gasteiger partial charge in [-0.1, -0.05) is 0 Å². The third kappa shape index (κ3) is 3.87. The Kier molecular flexibility index (Phi) is 6.25. The van der Waals surface area contributed by atoms with Crippen LogP contribution in [0.15, 0.2) is 0 Å². The molecule has 3 rings (SSSR count). The Morgan fingerprint density at radius 3 is 2.29 bits per heavy atom. The van der Waals surface area contributed by atoms with Crippen LogP contribution in [0.25, 0.3) is 0 Å². The van der Waals surface area contributed by atoms with Gasteiger partial charge in [-0.2, -0.15) is 17.0 Å². The van der Waals surface area contributed by atoms with Crippen LogP contribution in [0.2, 0.25) is 0 Å². The van der Waals surface area contributed by atoms with Gasteiger partial charge in [0.1, 0.15) is 0 Å². The molecular weight excluding hydrogens is 316 g/mol. The van der Waals surface area contributed by atoms with Crippen LogP contribution >= 0.6 is 12.4 Å². The molecule has 1 N–H and O–H groups in total. The van der Waals surface area contributed by atoms with Crippen molar-refractivity contribution in [1.82, 2.24) is 18.8 Å². The van der Waals surface area contributed by atoms with Crippen molar-refractivity contribution in [3.63, 3.8) is 0 Å². The van der Waals surface area contributed by atoms with Crippen molar-refractivity contribution in [2.24, 2.45) is 0 Å². The maximum atomic E-state index is 12.6. The molecule has 3 aliphatic heterocycles. The summed E-state index contributed by atoms with van der Waals surface area (Å²) in [6.07, 6.45) is 0.948. The quantitative estimate of drug-likeness (QED) is 0.711. The van der Waals surface area contributed by atoms with E-state index in [1.807, 2.05) is 0 Å². The number of rotatable bonds is 3. The lowest BCUT2D eigenvalue weighted by Gasteiger charge is -2.33. The molecule has 1 atom stereocenters. The van der Waals surface area contributed by atoms with E-state index in [2.05, 4.69) is 10.2 Å². The van der Waals surface area contributed by atoms with E-state index in [1.165, 1.54) is 0 Å². The maximum Gasteiger partial charge on any atom is 0.282 e. The van der Waals surface area contributed by atoms with Gasteiger partial charge in [0.25, 0.3) is 10.2 Å². The molecule has 3 aliphatic rings. The van der Waals surface area contributed by atoms with Crippen LogP contribution in [0.1, 0.15) is 6.42 Å². The Morgan fingerprint density at radius 1 is 0.952 bits per heavy atom. The van der Waals surface area contributed by atoms with E-state index in [0.29, 0.717) is 45.4 Å². The lowest BCUT2D eigenvalue weighted by molar-refractivity contribution is 0.0704. The van der Waals surface area contributed by atoms with Crippen LogP contribution < -0.4 is 5.32 Å². The van der Waals surface area contributed by atoms with Gasteiger partial charge in [-0.25, -0.2) is 0 Å². The smallest absolute Gasteiger partial charge is 0.282 e. The highest BCUT2D eigenvalue weighted by Gasteiger charge is 2.38. The fourth-order valence-corrected chi connectivity index (χ4v) is 4.84. The molecule has 124 valence electrons. The molecule has 3 heterocycles. The molecule has 3 fully saturated rings. The third-order valence-corrected chi connectivity index (χ3v) is 6.42. The van der Waals surface area contributed by atoms with Gasteiger partial charge in [0.05, 0.1) is 13.2 Å². The minimum atomic E-state index is -3.29. The van der Waals surface area contributed by atoms with Gasteiger partial charge < -0.3 is 10.1 Å². The van der Waals surface area contributed by atoms with Crippen molar-refractivity contribution < 1.29 is 13.2 Å². The molecule has 0 amide bonds. The van der Waals surface area contributed by atoms with Crippen LogP contribution in [0, 0.1) is 0 Å². The summed E-state index contributed by atoms with van der Waals surface area (Å²) in [5.74, 6) is 0. The van der Waals surface area contributed by atoms with E-state index >= 15 is 0 Å². The fraction of sp³-hybridized carbons (Fsp3) is 1.00. The van der Waals surface area contributed by atoms with E-state index in [4.69, 9.17) is 4.74 Å². The minimum absolute atomic E-state index is 0. The molecule has 3 saturated heterocycles. The monoisotopic (exact) mass is 340 g/mol. The zero-order valence-corrected chi connectivity index (χ0v) is 13.9. The standard InChI is InChI=1S/C12H24N4O3S.ClH/c17-20(18,15-7-9-19-10-8-15)16-4-1-12(11-16)14-5-2-13-3-6-14;/h12-13H,1-11H2;1H. The van der Waals surface area contributed by atoms with E-state index < -0.39 is 10.2 Å². The first kappa shape index (κ1) is 17.4. The molecule has 0 radical (unpaired) electrons. The minimum Gasteiger partial charge on any atom is -0.379 e. The Labute approximate surface area is 133 Å². The number of morpholine rings is 1. The van der Waals surface area contributed by atoms with Crippen LogP contribution in [0.4, 0.5) is 0 Å². The van der Waals surface area contributed by atoms with Crippen molar-refractivity contribution in [3.8, 4) is 0 Å². The first-order valence-electron chi connectivity index (χ1n) is 7.46. The van der Waals surface area contributed by atoms with Crippen molar-refractivity contribution >= 4 is 22.6 Å². The molecule has 0 aromatic rings. The highest BCUT2D eigenvalue weighted by atomic mass is 35.5. The van der Waals surface area contributed by atoms with Crippen molar-refractivity contribution in [2.45, 2.75) is 12.5 Å². The van der Waals surface area contributed by atoms with Crippen LogP contribution in [0.3, 0.4) is 0 Å². The Balaban J connectivity index is 0.00000161. The van der Waals surface area contributed by atoms with E-state index in [0.717, 1.165) is 32.6 Å². The van der Waals surface area contributed by atoms with E-state index in [1.54, 1.807) is 8.61 Å². The second-order valence-electron chi connectivity index (χ2n) is 5.61. The number of hydrogen-bond donors (Lipinski definition) is 1. The maximum absolute atomic E-state index is 12.6.